The van der Waals surface area contributed by atoms with Gasteiger partial charge in [0.1, 0.15) is 6.04 Å². The molecule has 18 nitrogen and oxygen atoms in total. The number of carbonyl (C=O) groups is 8. The van der Waals surface area contributed by atoms with Gasteiger partial charge in [-0.3, -0.25) is 33.6 Å². The normalized spacial score (nSPS) is 12.7. The Bertz CT molecular complexity index is 1580. The van der Waals surface area contributed by atoms with Crippen LogP contribution in [0, 0.1) is 22.2 Å². The molecule has 8 N–H and O–H groups in total. The van der Waals surface area contributed by atoms with Gasteiger partial charge in [-0.1, -0.05) is 48.5 Å². The monoisotopic (exact) mass is 820 g/mol. The van der Waals surface area contributed by atoms with Gasteiger partial charge in [0.2, 0.25) is 23.6 Å². The van der Waals surface area contributed by atoms with Crippen LogP contribution in [0.15, 0.2) is 18.2 Å². The lowest BCUT2D eigenvalue weighted by Crippen LogP contribution is -2.48. The lowest BCUT2D eigenvalue weighted by atomic mass is 9.81. The number of benzene rings is 1. The number of carboxylic acid groups (broad SMARTS) is 2. The highest BCUT2D eigenvalue weighted by molar-refractivity contribution is 6.02. The maximum Gasteiger partial charge on any atom is 0.326 e. The number of ether oxygens (including phenoxy) is 2. The molecule has 0 fully saturated rings. The quantitative estimate of drug-likeness (QED) is 0.0595. The summed E-state index contributed by atoms with van der Waals surface area (Å²) in [7, 11) is 2.90. The second-order valence-corrected chi connectivity index (χ2v) is 16.2. The number of carboxylic acids is 2. The van der Waals surface area contributed by atoms with Crippen molar-refractivity contribution in [3.63, 3.8) is 0 Å². The number of nitrogens with one attached hydrogen (secondary N) is 6. The molecule has 0 aliphatic carbocycles. The highest BCUT2D eigenvalue weighted by Gasteiger charge is 2.35. The maximum absolute atomic E-state index is 12.9. The standard InChI is InChI=1S/C40H64N6O12/c1-25(20-31(48)49)24-40(6,7)37(56)46-29(34(52)53)10-12-38(2,3)35(54)44-15-17-58-19-18-57-16-13-39(4,5)36(55)43-14-11-30(47)45-28-22-26(32(50)41-8)21-27(23-28)33(51)42-9/h21-23,25,29H,10-20,24H2,1-9H3,(H,41,50)(H,42,51)(H,43,55)(H,44,54)(H,45,47)(H,46,56)(H,48,49)(H,52,53)/t25?,29-/m0/s1. The molecular formula is C40H64N6O12. The first-order valence-corrected chi connectivity index (χ1v) is 19.3. The third kappa shape index (κ3) is 18.4. The molecule has 326 valence electrons. The zero-order valence-electron chi connectivity index (χ0n) is 35.3. The fraction of sp³-hybridized carbons (Fsp3) is 0.650. The van der Waals surface area contributed by atoms with Gasteiger partial charge >= 0.3 is 11.9 Å². The van der Waals surface area contributed by atoms with E-state index in [1.807, 2.05) is 0 Å². The summed E-state index contributed by atoms with van der Waals surface area (Å²) in [5.41, 5.74) is -2.08. The predicted octanol–water partition coefficient (Wildman–Crippen LogP) is 2.32. The molecule has 2 atom stereocenters. The Kier molecular flexibility index (Phi) is 21.0. The number of amides is 6. The molecule has 0 spiro atoms. The van der Waals surface area contributed by atoms with Crippen molar-refractivity contribution in [1.29, 1.82) is 0 Å². The molecule has 6 amide bonds. The zero-order valence-corrected chi connectivity index (χ0v) is 35.3. The van der Waals surface area contributed by atoms with Crippen molar-refractivity contribution in [2.24, 2.45) is 22.2 Å². The van der Waals surface area contributed by atoms with Crippen molar-refractivity contribution in [1.82, 2.24) is 26.6 Å². The van der Waals surface area contributed by atoms with Crippen LogP contribution in [0.4, 0.5) is 5.69 Å². The molecule has 0 aromatic heterocycles. The fourth-order valence-electron chi connectivity index (χ4n) is 5.81. The van der Waals surface area contributed by atoms with Crippen LogP contribution in [0.5, 0.6) is 0 Å². The van der Waals surface area contributed by atoms with E-state index >= 15 is 0 Å². The lowest BCUT2D eigenvalue weighted by molar-refractivity contribution is -0.144. The van der Waals surface area contributed by atoms with Crippen molar-refractivity contribution in [2.45, 2.75) is 93.0 Å². The van der Waals surface area contributed by atoms with E-state index in [0.717, 1.165) is 0 Å². The summed E-state index contributed by atoms with van der Waals surface area (Å²) in [6.45, 7) is 13.1. The Morgan fingerprint density at radius 2 is 1.19 bits per heavy atom. The number of anilines is 1. The third-order valence-corrected chi connectivity index (χ3v) is 9.50. The van der Waals surface area contributed by atoms with Crippen LogP contribution in [0.2, 0.25) is 0 Å². The topological polar surface area (TPSA) is 268 Å². The largest absolute Gasteiger partial charge is 0.481 e. The van der Waals surface area contributed by atoms with E-state index in [2.05, 4.69) is 31.9 Å². The van der Waals surface area contributed by atoms with E-state index in [1.54, 1.807) is 48.5 Å². The average molecular weight is 821 g/mol. The Morgan fingerprint density at radius 3 is 1.71 bits per heavy atom. The molecule has 0 saturated heterocycles. The minimum atomic E-state index is -1.23. The molecule has 1 rings (SSSR count). The summed E-state index contributed by atoms with van der Waals surface area (Å²) in [4.78, 5) is 98.3. The summed E-state index contributed by atoms with van der Waals surface area (Å²) in [5.74, 6) is -4.84. The summed E-state index contributed by atoms with van der Waals surface area (Å²) in [5, 5.41) is 34.4. The van der Waals surface area contributed by atoms with E-state index in [1.165, 1.54) is 32.3 Å². The first-order valence-electron chi connectivity index (χ1n) is 19.3. The second kappa shape index (κ2) is 24.0. The fourth-order valence-corrected chi connectivity index (χ4v) is 5.81. The second-order valence-electron chi connectivity index (χ2n) is 16.2. The number of carbonyl (C=O) groups excluding carboxylic acids is 6. The molecule has 1 unspecified atom stereocenters. The van der Waals surface area contributed by atoms with Gasteiger partial charge in [0, 0.05) is 79.7 Å². The summed E-state index contributed by atoms with van der Waals surface area (Å²) in [6, 6.07) is 3.08. The summed E-state index contributed by atoms with van der Waals surface area (Å²) in [6.07, 6.45) is 0.672. The Labute approximate surface area is 340 Å². The van der Waals surface area contributed by atoms with Crippen LogP contribution in [0.25, 0.3) is 0 Å². The molecule has 58 heavy (non-hydrogen) atoms. The number of aliphatic carboxylic acids is 2. The van der Waals surface area contributed by atoms with Crippen molar-refractivity contribution >= 4 is 53.1 Å². The predicted molar refractivity (Wildman–Crippen MR) is 215 cm³/mol. The van der Waals surface area contributed by atoms with E-state index in [9.17, 15) is 43.5 Å². The van der Waals surface area contributed by atoms with Crippen LogP contribution in [0.3, 0.4) is 0 Å². The minimum Gasteiger partial charge on any atom is -0.481 e. The van der Waals surface area contributed by atoms with Gasteiger partial charge in [0.25, 0.3) is 11.8 Å². The molecule has 0 bridgehead atoms. The Morgan fingerprint density at radius 1 is 0.672 bits per heavy atom. The molecule has 0 aliphatic rings. The first-order chi connectivity index (χ1) is 26.9. The van der Waals surface area contributed by atoms with Gasteiger partial charge in [0.15, 0.2) is 0 Å². The van der Waals surface area contributed by atoms with Gasteiger partial charge in [0.05, 0.1) is 19.8 Å². The highest BCUT2D eigenvalue weighted by Crippen LogP contribution is 2.29. The van der Waals surface area contributed by atoms with Crippen LogP contribution in [-0.4, -0.2) is 117 Å². The number of rotatable bonds is 27. The maximum atomic E-state index is 12.9. The molecule has 0 aliphatic heterocycles. The van der Waals surface area contributed by atoms with Gasteiger partial charge in [-0.05, 0) is 49.8 Å². The average Bonchev–Trinajstić information content (AvgIpc) is 3.13. The smallest absolute Gasteiger partial charge is 0.326 e. The van der Waals surface area contributed by atoms with E-state index in [0.29, 0.717) is 6.42 Å². The molecule has 18 heteroatoms. The van der Waals surface area contributed by atoms with Gasteiger partial charge in [-0.2, -0.15) is 0 Å². The first kappa shape index (κ1) is 50.9. The molecular weight excluding hydrogens is 756 g/mol. The van der Waals surface area contributed by atoms with Crippen molar-refractivity contribution in [2.75, 3.05) is 58.9 Å². The number of hydrogen-bond donors (Lipinski definition) is 8. The van der Waals surface area contributed by atoms with Gasteiger partial charge in [-0.15, -0.1) is 0 Å². The Hall–Kier alpha value is -5.10. The minimum absolute atomic E-state index is 0.00664. The molecule has 0 radical (unpaired) electrons. The SMILES string of the molecule is CNC(=O)c1cc(NC(=O)CCNC(=O)C(C)(C)CCOCCOCCNC(=O)C(C)(C)CC[C@H](NC(=O)C(C)(C)CC(C)CC(=O)O)C(=O)O)cc(C(=O)NC)c1. The van der Waals surface area contributed by atoms with Crippen LogP contribution in [0.1, 0.15) is 108 Å². The molecule has 0 saturated carbocycles. The molecule has 1 aromatic rings. The highest BCUT2D eigenvalue weighted by atomic mass is 16.5. The summed E-state index contributed by atoms with van der Waals surface area (Å²) >= 11 is 0. The molecule has 0 heterocycles. The van der Waals surface area contributed by atoms with E-state index in [4.69, 9.17) is 14.6 Å². The van der Waals surface area contributed by atoms with Crippen molar-refractivity contribution in [3.05, 3.63) is 29.3 Å². The number of hydrogen-bond acceptors (Lipinski definition) is 10. The lowest BCUT2D eigenvalue weighted by Gasteiger charge is -2.29. The van der Waals surface area contributed by atoms with Crippen molar-refractivity contribution < 1.29 is 58.0 Å². The van der Waals surface area contributed by atoms with Crippen LogP contribution in [-0.2, 0) is 38.2 Å². The molecule has 1 aromatic carbocycles. The zero-order chi connectivity index (χ0) is 44.3. The van der Waals surface area contributed by atoms with Crippen LogP contribution >= 0.6 is 0 Å². The van der Waals surface area contributed by atoms with Crippen molar-refractivity contribution in [3.8, 4) is 0 Å². The van der Waals surface area contributed by atoms with E-state index < -0.39 is 57.9 Å². The summed E-state index contributed by atoms with van der Waals surface area (Å²) < 4.78 is 11.2. The van der Waals surface area contributed by atoms with Gasteiger partial charge < -0.3 is 51.6 Å². The van der Waals surface area contributed by atoms with Gasteiger partial charge in [-0.25, -0.2) is 4.79 Å². The van der Waals surface area contributed by atoms with E-state index in [-0.39, 0.29) is 106 Å². The Balaban J connectivity index is 2.38. The third-order valence-electron chi connectivity index (χ3n) is 9.50. The van der Waals surface area contributed by atoms with Crippen LogP contribution < -0.4 is 31.9 Å².